The molecule has 1 aliphatic rings. The van der Waals surface area contributed by atoms with Crippen LogP contribution in [0.3, 0.4) is 0 Å². The van der Waals surface area contributed by atoms with Crippen molar-refractivity contribution < 1.29 is 4.79 Å². The van der Waals surface area contributed by atoms with Crippen LogP contribution in [-0.4, -0.2) is 12.1 Å². The number of urea groups is 1. The van der Waals surface area contributed by atoms with Crippen LogP contribution in [0.5, 0.6) is 0 Å². The maximum atomic E-state index is 10.5. The van der Waals surface area contributed by atoms with E-state index < -0.39 is 6.03 Å². The maximum Gasteiger partial charge on any atom is 0.333 e. The zero-order chi connectivity index (χ0) is 8.81. The van der Waals surface area contributed by atoms with Crippen LogP contribution in [0, 0.1) is 0 Å². The summed E-state index contributed by atoms with van der Waals surface area (Å²) in [5.41, 5.74) is 6.79. The molecular formula is C9H17N2O. The van der Waals surface area contributed by atoms with Crippen LogP contribution in [0.4, 0.5) is 4.79 Å². The molecule has 12 heavy (non-hydrogen) atoms. The van der Waals surface area contributed by atoms with Crippen molar-refractivity contribution in [3.05, 3.63) is 0 Å². The van der Waals surface area contributed by atoms with E-state index in [1.54, 1.807) is 0 Å². The second-order valence-corrected chi connectivity index (χ2v) is 3.52. The van der Waals surface area contributed by atoms with Crippen LogP contribution in [-0.2, 0) is 0 Å². The van der Waals surface area contributed by atoms with E-state index in [1.807, 2.05) is 0 Å². The molecule has 1 aliphatic carbocycles. The highest BCUT2D eigenvalue weighted by atomic mass is 16.2. The Bertz CT molecular complexity index is 139. The monoisotopic (exact) mass is 169 g/mol. The van der Waals surface area contributed by atoms with Gasteiger partial charge in [0.05, 0.1) is 0 Å². The van der Waals surface area contributed by atoms with Gasteiger partial charge in [-0.15, -0.1) is 0 Å². The maximum absolute atomic E-state index is 10.5. The van der Waals surface area contributed by atoms with Crippen molar-refractivity contribution in [2.24, 2.45) is 0 Å². The van der Waals surface area contributed by atoms with Gasteiger partial charge in [-0.1, -0.05) is 32.1 Å². The molecule has 0 heterocycles. The van der Waals surface area contributed by atoms with E-state index in [2.05, 4.69) is 5.32 Å². The Balaban J connectivity index is 2.24. The first-order valence-corrected chi connectivity index (χ1v) is 4.81. The molecule has 0 unspecified atom stereocenters. The molecule has 3 heteroatoms. The Labute approximate surface area is 73.7 Å². The first-order chi connectivity index (χ1) is 5.79. The summed E-state index contributed by atoms with van der Waals surface area (Å²) in [4.78, 5) is 10.5. The lowest BCUT2D eigenvalue weighted by atomic mass is 9.97. The van der Waals surface area contributed by atoms with E-state index in [4.69, 9.17) is 5.73 Å². The number of carbonyl (C=O) groups is 1. The summed E-state index contributed by atoms with van der Waals surface area (Å²) in [6, 6.07) is -0.351. The van der Waals surface area contributed by atoms with Crippen molar-refractivity contribution in [1.82, 2.24) is 11.1 Å². The Morgan fingerprint density at radius 2 is 1.58 bits per heavy atom. The second-order valence-electron chi connectivity index (χ2n) is 3.52. The minimum absolute atomic E-state index is 0.273. The molecule has 0 aromatic heterocycles. The van der Waals surface area contributed by atoms with Crippen molar-refractivity contribution in [2.75, 3.05) is 0 Å². The summed E-state index contributed by atoms with van der Waals surface area (Å²) >= 11 is 0. The van der Waals surface area contributed by atoms with Crippen molar-refractivity contribution in [2.45, 2.75) is 51.0 Å². The molecule has 0 atom stereocenters. The average Bonchev–Trinajstić information content (AvgIpc) is 1.93. The highest BCUT2D eigenvalue weighted by Crippen LogP contribution is 2.16. The van der Waals surface area contributed by atoms with Crippen LogP contribution in [0.15, 0.2) is 0 Å². The fraction of sp³-hybridized carbons (Fsp3) is 0.889. The third kappa shape index (κ3) is 3.60. The van der Waals surface area contributed by atoms with E-state index in [-0.39, 0.29) is 6.04 Å². The van der Waals surface area contributed by atoms with Crippen molar-refractivity contribution in [1.29, 1.82) is 0 Å². The fourth-order valence-corrected chi connectivity index (χ4v) is 1.79. The number of rotatable bonds is 1. The third-order valence-corrected chi connectivity index (χ3v) is 2.44. The largest absolute Gasteiger partial charge is 0.334 e. The average molecular weight is 169 g/mol. The lowest BCUT2D eigenvalue weighted by molar-refractivity contribution is 0.241. The Morgan fingerprint density at radius 1 is 1.08 bits per heavy atom. The summed E-state index contributed by atoms with van der Waals surface area (Å²) in [7, 11) is 0. The highest BCUT2D eigenvalue weighted by Gasteiger charge is 2.11. The van der Waals surface area contributed by atoms with Gasteiger partial charge in [-0.3, -0.25) is 0 Å². The smallest absolute Gasteiger partial charge is 0.333 e. The number of hydrogen-bond acceptors (Lipinski definition) is 1. The first kappa shape index (κ1) is 9.36. The molecule has 0 bridgehead atoms. The molecule has 0 aromatic carbocycles. The molecular weight excluding hydrogens is 152 g/mol. The second kappa shape index (κ2) is 5.01. The SMILES string of the molecule is [NH]C(=O)NC1CCCCCCC1. The zero-order valence-electron chi connectivity index (χ0n) is 7.44. The van der Waals surface area contributed by atoms with Gasteiger partial charge in [-0.05, 0) is 12.8 Å². The minimum Gasteiger partial charge on any atom is -0.334 e. The first-order valence-electron chi connectivity index (χ1n) is 4.81. The predicted octanol–water partition coefficient (Wildman–Crippen LogP) is 2.09. The van der Waals surface area contributed by atoms with Crippen LogP contribution in [0.2, 0.25) is 0 Å². The van der Waals surface area contributed by atoms with Gasteiger partial charge in [0.1, 0.15) is 0 Å². The van der Waals surface area contributed by atoms with E-state index in [9.17, 15) is 4.79 Å². The van der Waals surface area contributed by atoms with Gasteiger partial charge in [0.15, 0.2) is 0 Å². The van der Waals surface area contributed by atoms with Gasteiger partial charge in [-0.25, -0.2) is 10.5 Å². The van der Waals surface area contributed by atoms with Crippen LogP contribution < -0.4 is 11.1 Å². The molecule has 1 saturated carbocycles. The molecule has 0 saturated heterocycles. The van der Waals surface area contributed by atoms with Gasteiger partial charge >= 0.3 is 6.03 Å². The molecule has 2 N–H and O–H groups in total. The van der Waals surface area contributed by atoms with E-state index >= 15 is 0 Å². The molecule has 1 radical (unpaired) electrons. The van der Waals surface area contributed by atoms with Crippen LogP contribution in [0.25, 0.3) is 0 Å². The Morgan fingerprint density at radius 3 is 2.08 bits per heavy atom. The predicted molar refractivity (Wildman–Crippen MR) is 47.7 cm³/mol. The van der Waals surface area contributed by atoms with Crippen molar-refractivity contribution in [3.63, 3.8) is 0 Å². The van der Waals surface area contributed by atoms with E-state index in [1.165, 1.54) is 32.1 Å². The van der Waals surface area contributed by atoms with Gasteiger partial charge < -0.3 is 5.32 Å². The highest BCUT2D eigenvalue weighted by molar-refractivity contribution is 5.71. The van der Waals surface area contributed by atoms with Crippen LogP contribution >= 0.6 is 0 Å². The summed E-state index contributed by atoms with van der Waals surface area (Å²) < 4.78 is 0. The quantitative estimate of drug-likeness (QED) is 0.642. The molecule has 1 fully saturated rings. The van der Waals surface area contributed by atoms with E-state index in [0.29, 0.717) is 0 Å². The van der Waals surface area contributed by atoms with Crippen molar-refractivity contribution in [3.8, 4) is 0 Å². The third-order valence-electron chi connectivity index (χ3n) is 2.44. The molecule has 2 amide bonds. The summed E-state index contributed by atoms with van der Waals surface area (Å²) in [6.45, 7) is 0. The topological polar surface area (TPSA) is 52.9 Å². The summed E-state index contributed by atoms with van der Waals surface area (Å²) in [6.07, 6.45) is 8.42. The molecule has 0 aliphatic heterocycles. The molecule has 0 spiro atoms. The molecule has 0 aromatic rings. The summed E-state index contributed by atoms with van der Waals surface area (Å²) in [5, 5.41) is 2.68. The number of hydrogen-bond donors (Lipinski definition) is 1. The summed E-state index contributed by atoms with van der Waals surface area (Å²) in [5.74, 6) is 0. The minimum atomic E-state index is -0.624. The zero-order valence-corrected chi connectivity index (χ0v) is 7.44. The lowest BCUT2D eigenvalue weighted by Gasteiger charge is -2.19. The van der Waals surface area contributed by atoms with Gasteiger partial charge in [0.2, 0.25) is 0 Å². The number of amides is 2. The Hall–Kier alpha value is -0.730. The lowest BCUT2D eigenvalue weighted by Crippen LogP contribution is -2.34. The van der Waals surface area contributed by atoms with Gasteiger partial charge in [0, 0.05) is 6.04 Å². The molecule has 3 nitrogen and oxygen atoms in total. The molecule has 69 valence electrons. The van der Waals surface area contributed by atoms with Gasteiger partial charge in [-0.2, -0.15) is 0 Å². The van der Waals surface area contributed by atoms with Gasteiger partial charge in [0.25, 0.3) is 0 Å². The number of nitrogens with one attached hydrogen (secondary N) is 2. The normalized spacial score (nSPS) is 21.0. The Kier molecular flexibility index (Phi) is 3.91. The number of carbonyl (C=O) groups excluding carboxylic acids is 1. The fourth-order valence-electron chi connectivity index (χ4n) is 1.79. The van der Waals surface area contributed by atoms with Crippen LogP contribution in [0.1, 0.15) is 44.9 Å². The van der Waals surface area contributed by atoms with E-state index in [0.717, 1.165) is 12.8 Å². The van der Waals surface area contributed by atoms with Crippen molar-refractivity contribution >= 4 is 6.03 Å². The standard InChI is InChI=1S/C9H17N2O/c10-9(12)11-8-6-4-2-1-3-5-7-8/h8,10H,1-7H2,(H,11,12). The molecule has 1 rings (SSSR count).